The molecule has 0 saturated heterocycles. The normalized spacial score (nSPS) is 11.8. The fraction of sp³-hybridized carbons (Fsp3) is 0.312. The molecule has 0 aliphatic carbocycles. The van der Waals surface area contributed by atoms with E-state index in [1.807, 2.05) is 24.4 Å². The number of ether oxygens (including phenoxy) is 1. The molecule has 1 amide bonds. The van der Waals surface area contributed by atoms with E-state index in [4.69, 9.17) is 4.74 Å². The van der Waals surface area contributed by atoms with Crippen LogP contribution in [0.4, 0.5) is 5.69 Å². The molecule has 0 aliphatic rings. The summed E-state index contributed by atoms with van der Waals surface area (Å²) in [6.45, 7) is 5.12. The summed E-state index contributed by atoms with van der Waals surface area (Å²) in [5, 5.41) is 15.9. The first-order valence-corrected chi connectivity index (χ1v) is 7.97. The third-order valence-corrected chi connectivity index (χ3v) is 4.35. The summed E-state index contributed by atoms with van der Waals surface area (Å²) in [6, 6.07) is 6.95. The Kier molecular flexibility index (Phi) is 5.33. The maximum absolute atomic E-state index is 12.0. The number of hydrogen-bond acceptors (Lipinski definition) is 5. The molecule has 6 nitrogen and oxygen atoms in total. The third kappa shape index (κ3) is 4.29. The molecule has 0 bridgehead atoms. The van der Waals surface area contributed by atoms with E-state index in [1.165, 1.54) is 6.07 Å². The van der Waals surface area contributed by atoms with Gasteiger partial charge in [-0.1, -0.05) is 12.1 Å². The zero-order valence-corrected chi connectivity index (χ0v) is 14.0. The zero-order valence-electron chi connectivity index (χ0n) is 13.2. The first kappa shape index (κ1) is 17.0. The fourth-order valence-corrected chi connectivity index (χ4v) is 3.02. The molecule has 2 rings (SSSR count). The molecule has 0 saturated carbocycles. The van der Waals surface area contributed by atoms with Gasteiger partial charge in [-0.25, -0.2) is 0 Å². The number of thiophene rings is 1. The van der Waals surface area contributed by atoms with E-state index in [-0.39, 0.29) is 30.0 Å². The van der Waals surface area contributed by atoms with Gasteiger partial charge in [-0.3, -0.25) is 14.9 Å². The molecule has 1 N–H and O–H groups in total. The van der Waals surface area contributed by atoms with Gasteiger partial charge in [0.05, 0.1) is 11.0 Å². The highest BCUT2D eigenvalue weighted by Crippen LogP contribution is 2.32. The molecule has 1 atom stereocenters. The molecule has 23 heavy (non-hydrogen) atoms. The van der Waals surface area contributed by atoms with Crippen molar-refractivity contribution in [3.05, 3.63) is 55.8 Å². The van der Waals surface area contributed by atoms with Crippen molar-refractivity contribution >= 4 is 22.9 Å². The van der Waals surface area contributed by atoms with Crippen molar-refractivity contribution in [2.75, 3.05) is 6.61 Å². The van der Waals surface area contributed by atoms with Crippen LogP contribution in [0.25, 0.3) is 0 Å². The maximum Gasteiger partial charge on any atom is 0.311 e. The Hall–Kier alpha value is -2.41. The number of carbonyl (C=O) groups is 1. The number of amides is 1. The van der Waals surface area contributed by atoms with Gasteiger partial charge in [0, 0.05) is 10.9 Å². The lowest BCUT2D eigenvalue weighted by Gasteiger charge is -2.14. The van der Waals surface area contributed by atoms with Crippen LogP contribution in [0, 0.1) is 24.0 Å². The van der Waals surface area contributed by atoms with E-state index in [0.717, 1.165) is 10.4 Å². The molecule has 0 radical (unpaired) electrons. The lowest BCUT2D eigenvalue weighted by Crippen LogP contribution is -2.31. The van der Waals surface area contributed by atoms with Crippen LogP contribution in [0.5, 0.6) is 5.75 Å². The SMILES string of the molecule is Cc1cc(C)c(OCC(=O)N[C@@H](C)c2cccs2)c([N+](=O)[O-])c1. The Morgan fingerprint density at radius 1 is 1.43 bits per heavy atom. The van der Waals surface area contributed by atoms with Gasteiger partial charge in [0.15, 0.2) is 6.61 Å². The molecule has 1 aromatic heterocycles. The summed E-state index contributed by atoms with van der Waals surface area (Å²) in [5.41, 5.74) is 1.29. The highest BCUT2D eigenvalue weighted by atomic mass is 32.1. The summed E-state index contributed by atoms with van der Waals surface area (Å²) in [5.74, 6) is -0.181. The van der Waals surface area contributed by atoms with Crippen LogP contribution in [0.1, 0.15) is 29.0 Å². The van der Waals surface area contributed by atoms with Crippen LogP contribution in [0.2, 0.25) is 0 Å². The Morgan fingerprint density at radius 2 is 2.17 bits per heavy atom. The Balaban J connectivity index is 2.03. The number of carbonyl (C=O) groups excluding carboxylic acids is 1. The molecular weight excluding hydrogens is 316 g/mol. The summed E-state index contributed by atoms with van der Waals surface area (Å²) >= 11 is 1.55. The standard InChI is InChI=1S/C16H18N2O4S/c1-10-7-11(2)16(13(8-10)18(20)21)22-9-15(19)17-12(3)14-5-4-6-23-14/h4-8,12H,9H2,1-3H3,(H,17,19)/t12-/m0/s1. The number of hydrogen-bond donors (Lipinski definition) is 1. The molecule has 122 valence electrons. The van der Waals surface area contributed by atoms with Crippen LogP contribution in [-0.4, -0.2) is 17.4 Å². The van der Waals surface area contributed by atoms with E-state index < -0.39 is 4.92 Å². The van der Waals surface area contributed by atoms with Gasteiger partial charge in [-0.15, -0.1) is 11.3 Å². The minimum atomic E-state index is -0.499. The quantitative estimate of drug-likeness (QED) is 0.647. The molecule has 7 heteroatoms. The second-order valence-electron chi connectivity index (χ2n) is 5.28. The lowest BCUT2D eigenvalue weighted by molar-refractivity contribution is -0.385. The van der Waals surface area contributed by atoms with Gasteiger partial charge in [0.25, 0.3) is 5.91 Å². The van der Waals surface area contributed by atoms with E-state index >= 15 is 0 Å². The van der Waals surface area contributed by atoms with E-state index in [0.29, 0.717) is 5.56 Å². The van der Waals surface area contributed by atoms with E-state index in [9.17, 15) is 14.9 Å². The predicted molar refractivity (Wildman–Crippen MR) is 88.9 cm³/mol. The highest BCUT2D eigenvalue weighted by molar-refractivity contribution is 7.10. The average Bonchev–Trinajstić information content (AvgIpc) is 2.99. The predicted octanol–water partition coefficient (Wildman–Crippen LogP) is 3.53. The first-order valence-electron chi connectivity index (χ1n) is 7.09. The fourth-order valence-electron chi connectivity index (χ4n) is 2.28. The first-order chi connectivity index (χ1) is 10.9. The molecule has 0 fully saturated rings. The summed E-state index contributed by atoms with van der Waals surface area (Å²) in [6.07, 6.45) is 0. The molecule has 0 spiro atoms. The number of nitro benzene ring substituents is 1. The number of aryl methyl sites for hydroxylation is 2. The second-order valence-corrected chi connectivity index (χ2v) is 6.26. The third-order valence-electron chi connectivity index (χ3n) is 3.29. The van der Waals surface area contributed by atoms with Crippen LogP contribution in [0.15, 0.2) is 29.6 Å². The van der Waals surface area contributed by atoms with E-state index in [2.05, 4.69) is 5.32 Å². The topological polar surface area (TPSA) is 81.5 Å². The van der Waals surface area contributed by atoms with Crippen LogP contribution < -0.4 is 10.1 Å². The number of nitrogens with one attached hydrogen (secondary N) is 1. The smallest absolute Gasteiger partial charge is 0.311 e. The maximum atomic E-state index is 12.0. The van der Waals surface area contributed by atoms with Gasteiger partial charge < -0.3 is 10.1 Å². The van der Waals surface area contributed by atoms with Crippen molar-refractivity contribution in [3.8, 4) is 5.75 Å². The van der Waals surface area contributed by atoms with Crippen molar-refractivity contribution in [1.82, 2.24) is 5.32 Å². The largest absolute Gasteiger partial charge is 0.477 e. The van der Waals surface area contributed by atoms with Crippen molar-refractivity contribution < 1.29 is 14.5 Å². The Labute approximate surface area is 138 Å². The van der Waals surface area contributed by atoms with Crippen molar-refractivity contribution in [2.24, 2.45) is 0 Å². The van der Waals surface area contributed by atoms with Crippen molar-refractivity contribution in [1.29, 1.82) is 0 Å². The van der Waals surface area contributed by atoms with E-state index in [1.54, 1.807) is 31.3 Å². The molecule has 2 aromatic rings. The molecule has 0 aliphatic heterocycles. The minimum Gasteiger partial charge on any atom is -0.477 e. The molecule has 1 aromatic carbocycles. The Morgan fingerprint density at radius 3 is 2.78 bits per heavy atom. The molecular formula is C16H18N2O4S. The Bertz CT molecular complexity index is 713. The number of nitrogens with zero attached hydrogens (tertiary/aromatic N) is 1. The minimum absolute atomic E-state index is 0.124. The zero-order chi connectivity index (χ0) is 17.0. The van der Waals surface area contributed by atoms with Gasteiger partial charge >= 0.3 is 5.69 Å². The molecule has 0 unspecified atom stereocenters. The summed E-state index contributed by atoms with van der Waals surface area (Å²) in [4.78, 5) is 23.6. The lowest BCUT2D eigenvalue weighted by atomic mass is 10.1. The second kappa shape index (κ2) is 7.23. The average molecular weight is 334 g/mol. The van der Waals surface area contributed by atoms with Gasteiger partial charge in [-0.05, 0) is 43.3 Å². The number of nitro groups is 1. The monoisotopic (exact) mass is 334 g/mol. The van der Waals surface area contributed by atoms with Gasteiger partial charge in [0.2, 0.25) is 5.75 Å². The van der Waals surface area contributed by atoms with Gasteiger partial charge in [0.1, 0.15) is 0 Å². The van der Waals surface area contributed by atoms with Crippen LogP contribution in [0.3, 0.4) is 0 Å². The summed E-state index contributed by atoms with van der Waals surface area (Å²) < 4.78 is 5.41. The number of benzene rings is 1. The highest BCUT2D eigenvalue weighted by Gasteiger charge is 2.20. The van der Waals surface area contributed by atoms with Crippen molar-refractivity contribution in [3.63, 3.8) is 0 Å². The van der Waals surface area contributed by atoms with Crippen LogP contribution >= 0.6 is 11.3 Å². The number of rotatable bonds is 6. The van der Waals surface area contributed by atoms with Crippen LogP contribution in [-0.2, 0) is 4.79 Å². The molecule has 1 heterocycles. The van der Waals surface area contributed by atoms with Crippen molar-refractivity contribution in [2.45, 2.75) is 26.8 Å². The summed E-state index contributed by atoms with van der Waals surface area (Å²) in [7, 11) is 0. The van der Waals surface area contributed by atoms with Gasteiger partial charge in [-0.2, -0.15) is 0 Å².